The summed E-state index contributed by atoms with van der Waals surface area (Å²) in [5, 5.41) is 0. The molecule has 0 radical (unpaired) electrons. The van der Waals surface area contributed by atoms with Crippen molar-refractivity contribution in [2.75, 3.05) is 27.3 Å². The van der Waals surface area contributed by atoms with Crippen LogP contribution in [-0.2, 0) is 14.3 Å². The second-order valence-electron chi connectivity index (χ2n) is 4.24. The molecular formula is C14H19NO4. The Hall–Kier alpha value is -2.04. The minimum Gasteiger partial charge on any atom is -0.493 e. The van der Waals surface area contributed by atoms with Gasteiger partial charge < -0.3 is 14.4 Å². The third-order valence-corrected chi connectivity index (χ3v) is 2.63. The fraction of sp³-hybridized carbons (Fsp3) is 0.429. The van der Waals surface area contributed by atoms with Gasteiger partial charge in [-0.15, -0.1) is 0 Å². The molecule has 5 heteroatoms. The third-order valence-electron chi connectivity index (χ3n) is 2.63. The molecule has 0 bridgehead atoms. The van der Waals surface area contributed by atoms with Crippen molar-refractivity contribution >= 4 is 11.9 Å². The lowest BCUT2D eigenvalue weighted by molar-refractivity contribution is -0.146. The van der Waals surface area contributed by atoms with Gasteiger partial charge in [-0.1, -0.05) is 17.7 Å². The van der Waals surface area contributed by atoms with Gasteiger partial charge in [-0.2, -0.15) is 0 Å². The fourth-order valence-corrected chi connectivity index (χ4v) is 1.43. The Bertz CT molecular complexity index is 428. The molecule has 0 unspecified atom stereocenters. The number of ether oxygens (including phenoxy) is 2. The zero-order chi connectivity index (χ0) is 14.3. The second kappa shape index (κ2) is 7.41. The van der Waals surface area contributed by atoms with E-state index in [2.05, 4.69) is 4.74 Å². The molecule has 1 rings (SSSR count). The molecule has 0 aliphatic rings. The minimum atomic E-state index is -0.435. The number of amides is 1. The summed E-state index contributed by atoms with van der Waals surface area (Å²) in [5.74, 6) is 0.141. The molecule has 0 saturated carbocycles. The van der Waals surface area contributed by atoms with Gasteiger partial charge in [0.1, 0.15) is 12.3 Å². The Balaban J connectivity index is 2.30. The van der Waals surface area contributed by atoms with Crippen molar-refractivity contribution in [3.63, 3.8) is 0 Å². The number of rotatable bonds is 6. The lowest BCUT2D eigenvalue weighted by atomic mass is 10.2. The van der Waals surface area contributed by atoms with E-state index >= 15 is 0 Å². The maximum absolute atomic E-state index is 11.7. The van der Waals surface area contributed by atoms with E-state index in [4.69, 9.17) is 4.74 Å². The van der Waals surface area contributed by atoms with E-state index in [0.29, 0.717) is 0 Å². The molecule has 1 aromatic carbocycles. The minimum absolute atomic E-state index is 0.0418. The average molecular weight is 265 g/mol. The first-order chi connectivity index (χ1) is 9.02. The number of esters is 1. The topological polar surface area (TPSA) is 55.8 Å². The van der Waals surface area contributed by atoms with Crippen molar-refractivity contribution in [3.05, 3.63) is 29.8 Å². The third kappa shape index (κ3) is 5.42. The molecule has 1 aromatic rings. The number of carbonyl (C=O) groups excluding carboxylic acids is 2. The van der Waals surface area contributed by atoms with Gasteiger partial charge in [0.2, 0.25) is 5.91 Å². The summed E-state index contributed by atoms with van der Waals surface area (Å²) in [6.45, 7) is 2.24. The van der Waals surface area contributed by atoms with Crippen LogP contribution in [0.5, 0.6) is 5.75 Å². The summed E-state index contributed by atoms with van der Waals surface area (Å²) in [6, 6.07) is 7.61. The van der Waals surface area contributed by atoms with Gasteiger partial charge in [-0.05, 0) is 19.1 Å². The van der Waals surface area contributed by atoms with Gasteiger partial charge in [-0.3, -0.25) is 9.59 Å². The van der Waals surface area contributed by atoms with E-state index in [1.807, 2.05) is 31.2 Å². The summed E-state index contributed by atoms with van der Waals surface area (Å²) >= 11 is 0. The smallest absolute Gasteiger partial charge is 0.325 e. The summed E-state index contributed by atoms with van der Waals surface area (Å²) in [4.78, 5) is 24.0. The van der Waals surface area contributed by atoms with Crippen LogP contribution in [0.4, 0.5) is 0 Å². The van der Waals surface area contributed by atoms with Crippen molar-refractivity contribution in [2.45, 2.75) is 13.3 Å². The summed E-state index contributed by atoms with van der Waals surface area (Å²) in [6.07, 6.45) is 0.224. The zero-order valence-electron chi connectivity index (χ0n) is 11.5. The van der Waals surface area contributed by atoms with Crippen LogP contribution in [0.1, 0.15) is 12.0 Å². The highest BCUT2D eigenvalue weighted by atomic mass is 16.5. The summed E-state index contributed by atoms with van der Waals surface area (Å²) < 4.78 is 9.94. The molecule has 0 aliphatic heterocycles. The highest BCUT2D eigenvalue weighted by molar-refractivity contribution is 5.81. The second-order valence-corrected chi connectivity index (χ2v) is 4.24. The molecule has 19 heavy (non-hydrogen) atoms. The van der Waals surface area contributed by atoms with Gasteiger partial charge in [0.15, 0.2) is 0 Å². The first kappa shape index (κ1) is 15.0. The monoisotopic (exact) mass is 265 g/mol. The zero-order valence-corrected chi connectivity index (χ0v) is 11.5. The Morgan fingerprint density at radius 1 is 1.21 bits per heavy atom. The Kier molecular flexibility index (Phi) is 5.85. The van der Waals surface area contributed by atoms with Crippen molar-refractivity contribution < 1.29 is 19.1 Å². The number of likely N-dealkylation sites (N-methyl/N-ethyl adjacent to an activating group) is 1. The summed E-state index contributed by atoms with van der Waals surface area (Å²) in [5.41, 5.74) is 1.15. The standard InChI is InChI=1S/C14H19NO4/c1-11-4-6-12(7-5-11)19-9-8-13(16)15(2)10-14(17)18-3/h4-7H,8-10H2,1-3H3. The van der Waals surface area contributed by atoms with Crippen LogP contribution < -0.4 is 4.74 Å². The van der Waals surface area contributed by atoms with E-state index < -0.39 is 5.97 Å². The van der Waals surface area contributed by atoms with Gasteiger partial charge >= 0.3 is 5.97 Å². The molecule has 0 N–H and O–H groups in total. The van der Waals surface area contributed by atoms with Crippen LogP contribution in [0.15, 0.2) is 24.3 Å². The predicted octanol–water partition coefficient (Wildman–Crippen LogP) is 1.40. The molecule has 0 aromatic heterocycles. The average Bonchev–Trinajstić information content (AvgIpc) is 2.40. The normalized spacial score (nSPS) is 9.84. The molecule has 5 nitrogen and oxygen atoms in total. The van der Waals surface area contributed by atoms with Crippen LogP contribution in [0, 0.1) is 6.92 Å². The maximum atomic E-state index is 11.7. The van der Waals surface area contributed by atoms with Crippen molar-refractivity contribution in [3.8, 4) is 5.75 Å². The Morgan fingerprint density at radius 3 is 2.42 bits per heavy atom. The van der Waals surface area contributed by atoms with Crippen molar-refractivity contribution in [1.82, 2.24) is 4.90 Å². The van der Waals surface area contributed by atoms with Gasteiger partial charge in [0, 0.05) is 7.05 Å². The quantitative estimate of drug-likeness (QED) is 0.729. The highest BCUT2D eigenvalue weighted by Crippen LogP contribution is 2.11. The van der Waals surface area contributed by atoms with Gasteiger partial charge in [0.25, 0.3) is 0 Å². The van der Waals surface area contributed by atoms with E-state index in [0.717, 1.165) is 11.3 Å². The molecule has 1 amide bonds. The SMILES string of the molecule is COC(=O)CN(C)C(=O)CCOc1ccc(C)cc1. The maximum Gasteiger partial charge on any atom is 0.325 e. The molecule has 0 saturated heterocycles. The number of hydrogen-bond acceptors (Lipinski definition) is 4. The van der Waals surface area contributed by atoms with Gasteiger partial charge in [0.05, 0.1) is 20.1 Å². The number of carbonyl (C=O) groups is 2. The van der Waals surface area contributed by atoms with Crippen LogP contribution in [-0.4, -0.2) is 44.1 Å². The van der Waals surface area contributed by atoms with E-state index in [9.17, 15) is 9.59 Å². The predicted molar refractivity (Wildman–Crippen MR) is 70.9 cm³/mol. The van der Waals surface area contributed by atoms with E-state index in [1.54, 1.807) is 7.05 Å². The Morgan fingerprint density at radius 2 is 1.84 bits per heavy atom. The number of benzene rings is 1. The van der Waals surface area contributed by atoms with Crippen LogP contribution in [0.2, 0.25) is 0 Å². The molecule has 0 fully saturated rings. The van der Waals surface area contributed by atoms with E-state index in [1.165, 1.54) is 12.0 Å². The lowest BCUT2D eigenvalue weighted by Gasteiger charge is -2.15. The molecule has 0 spiro atoms. The lowest BCUT2D eigenvalue weighted by Crippen LogP contribution is -2.33. The first-order valence-electron chi connectivity index (χ1n) is 6.03. The van der Waals surface area contributed by atoms with E-state index in [-0.39, 0.29) is 25.5 Å². The van der Waals surface area contributed by atoms with Crippen molar-refractivity contribution in [2.24, 2.45) is 0 Å². The fourth-order valence-electron chi connectivity index (χ4n) is 1.43. The largest absolute Gasteiger partial charge is 0.493 e. The van der Waals surface area contributed by atoms with Crippen LogP contribution in [0.3, 0.4) is 0 Å². The van der Waals surface area contributed by atoms with Gasteiger partial charge in [-0.25, -0.2) is 0 Å². The molecule has 0 heterocycles. The number of nitrogens with zero attached hydrogens (tertiary/aromatic N) is 1. The molecular weight excluding hydrogens is 246 g/mol. The number of methoxy groups -OCH3 is 1. The van der Waals surface area contributed by atoms with Crippen molar-refractivity contribution in [1.29, 1.82) is 0 Å². The Labute approximate surface area is 113 Å². The number of aryl methyl sites for hydroxylation is 1. The van der Waals surface area contributed by atoms with Crippen LogP contribution in [0.25, 0.3) is 0 Å². The molecule has 0 atom stereocenters. The first-order valence-corrected chi connectivity index (χ1v) is 6.03. The highest BCUT2D eigenvalue weighted by Gasteiger charge is 2.12. The van der Waals surface area contributed by atoms with Crippen LogP contribution >= 0.6 is 0 Å². The molecule has 0 aliphatic carbocycles. The summed E-state index contributed by atoms with van der Waals surface area (Å²) in [7, 11) is 2.85. The number of hydrogen-bond donors (Lipinski definition) is 0. The molecule has 104 valence electrons.